The summed E-state index contributed by atoms with van der Waals surface area (Å²) in [5.41, 5.74) is 0. The van der Waals surface area contributed by atoms with Gasteiger partial charge in [-0.05, 0) is 43.9 Å². The van der Waals surface area contributed by atoms with Crippen molar-refractivity contribution in [1.29, 1.82) is 0 Å². The van der Waals surface area contributed by atoms with Gasteiger partial charge in [-0.1, -0.05) is 13.8 Å². The number of rotatable bonds is 7. The van der Waals surface area contributed by atoms with E-state index in [0.717, 1.165) is 56.5 Å². The van der Waals surface area contributed by atoms with E-state index in [4.69, 9.17) is 9.52 Å². The SMILES string of the molecule is CCN(CC(=O)O)C1CCN(Cc2ccc(C3CC3C)o2)CC1. The first-order chi connectivity index (χ1) is 11.1. The summed E-state index contributed by atoms with van der Waals surface area (Å²) in [4.78, 5) is 15.4. The second-order valence-electron chi connectivity index (χ2n) is 7.09. The molecule has 2 fully saturated rings. The molecule has 1 saturated carbocycles. The molecule has 1 aromatic rings. The molecule has 5 heteroatoms. The Morgan fingerprint density at radius 2 is 2.09 bits per heavy atom. The van der Waals surface area contributed by atoms with Crippen LogP contribution in [0.1, 0.15) is 50.5 Å². The van der Waals surface area contributed by atoms with Crippen LogP contribution in [0.4, 0.5) is 0 Å². The Morgan fingerprint density at radius 3 is 2.65 bits per heavy atom. The highest BCUT2D eigenvalue weighted by atomic mass is 16.4. The van der Waals surface area contributed by atoms with Crippen molar-refractivity contribution in [3.05, 3.63) is 23.7 Å². The average molecular weight is 320 g/mol. The molecule has 1 aliphatic heterocycles. The maximum absolute atomic E-state index is 10.9. The number of nitrogens with zero attached hydrogens (tertiary/aromatic N) is 2. The molecule has 1 aromatic heterocycles. The van der Waals surface area contributed by atoms with Crippen LogP contribution >= 0.6 is 0 Å². The van der Waals surface area contributed by atoms with Crippen LogP contribution < -0.4 is 0 Å². The van der Waals surface area contributed by atoms with Crippen LogP contribution in [0.5, 0.6) is 0 Å². The molecule has 2 atom stereocenters. The Kier molecular flexibility index (Phi) is 5.07. The van der Waals surface area contributed by atoms with Gasteiger partial charge >= 0.3 is 5.97 Å². The van der Waals surface area contributed by atoms with Crippen LogP contribution in [-0.4, -0.2) is 53.1 Å². The van der Waals surface area contributed by atoms with Crippen molar-refractivity contribution in [3.8, 4) is 0 Å². The second-order valence-corrected chi connectivity index (χ2v) is 7.09. The molecule has 23 heavy (non-hydrogen) atoms. The minimum Gasteiger partial charge on any atom is -0.480 e. The van der Waals surface area contributed by atoms with E-state index in [-0.39, 0.29) is 6.54 Å². The number of aliphatic carboxylic acids is 1. The fourth-order valence-electron chi connectivity index (χ4n) is 3.73. The van der Waals surface area contributed by atoms with E-state index < -0.39 is 5.97 Å². The molecule has 0 radical (unpaired) electrons. The van der Waals surface area contributed by atoms with Gasteiger partial charge in [-0.2, -0.15) is 0 Å². The van der Waals surface area contributed by atoms with Gasteiger partial charge in [0.1, 0.15) is 11.5 Å². The lowest BCUT2D eigenvalue weighted by atomic mass is 10.0. The van der Waals surface area contributed by atoms with Crippen LogP contribution in [0.25, 0.3) is 0 Å². The van der Waals surface area contributed by atoms with E-state index in [2.05, 4.69) is 28.9 Å². The van der Waals surface area contributed by atoms with Crippen LogP contribution in [-0.2, 0) is 11.3 Å². The second kappa shape index (κ2) is 7.05. The molecule has 1 aliphatic carbocycles. The van der Waals surface area contributed by atoms with Gasteiger partial charge in [0.2, 0.25) is 0 Å². The van der Waals surface area contributed by atoms with Gasteiger partial charge in [-0.15, -0.1) is 0 Å². The zero-order valence-corrected chi connectivity index (χ0v) is 14.2. The number of furan rings is 1. The van der Waals surface area contributed by atoms with Crippen LogP contribution in [0.15, 0.2) is 16.5 Å². The van der Waals surface area contributed by atoms with E-state index in [1.807, 2.05) is 6.92 Å². The van der Waals surface area contributed by atoms with E-state index in [9.17, 15) is 4.79 Å². The number of likely N-dealkylation sites (tertiary alicyclic amines) is 1. The number of carbonyl (C=O) groups is 1. The van der Waals surface area contributed by atoms with Crippen molar-refractivity contribution < 1.29 is 14.3 Å². The Morgan fingerprint density at radius 1 is 1.39 bits per heavy atom. The number of hydrogen-bond acceptors (Lipinski definition) is 4. The van der Waals surface area contributed by atoms with Gasteiger partial charge < -0.3 is 9.52 Å². The summed E-state index contributed by atoms with van der Waals surface area (Å²) in [5.74, 6) is 2.91. The van der Waals surface area contributed by atoms with Crippen LogP contribution in [0.3, 0.4) is 0 Å². The molecule has 0 aromatic carbocycles. The zero-order chi connectivity index (χ0) is 16.4. The fraction of sp³-hybridized carbons (Fsp3) is 0.722. The van der Waals surface area contributed by atoms with Gasteiger partial charge in [0.15, 0.2) is 0 Å². The summed E-state index contributed by atoms with van der Waals surface area (Å²) in [5, 5.41) is 9.00. The Labute approximate surface area is 138 Å². The van der Waals surface area contributed by atoms with Crippen molar-refractivity contribution in [1.82, 2.24) is 9.80 Å². The lowest BCUT2D eigenvalue weighted by Crippen LogP contribution is -2.46. The molecule has 128 valence electrons. The fourth-order valence-corrected chi connectivity index (χ4v) is 3.73. The number of likely N-dealkylation sites (N-methyl/N-ethyl adjacent to an activating group) is 1. The van der Waals surface area contributed by atoms with Gasteiger partial charge in [0.05, 0.1) is 13.1 Å². The third-order valence-electron chi connectivity index (χ3n) is 5.35. The number of hydrogen-bond donors (Lipinski definition) is 1. The zero-order valence-electron chi connectivity index (χ0n) is 14.2. The first kappa shape index (κ1) is 16.5. The van der Waals surface area contributed by atoms with Crippen molar-refractivity contribution in [2.45, 2.75) is 51.6 Å². The van der Waals surface area contributed by atoms with Crippen molar-refractivity contribution in [2.75, 3.05) is 26.2 Å². The number of piperidine rings is 1. The smallest absolute Gasteiger partial charge is 0.317 e. The molecule has 2 aliphatic rings. The molecule has 1 saturated heterocycles. The number of carboxylic acids is 1. The van der Waals surface area contributed by atoms with E-state index in [1.54, 1.807) is 0 Å². The predicted molar refractivity (Wildman–Crippen MR) is 88.4 cm³/mol. The summed E-state index contributed by atoms with van der Waals surface area (Å²) < 4.78 is 6.00. The quantitative estimate of drug-likeness (QED) is 0.837. The Bertz CT molecular complexity index is 534. The summed E-state index contributed by atoms with van der Waals surface area (Å²) in [7, 11) is 0. The first-order valence-electron chi connectivity index (χ1n) is 8.83. The average Bonchev–Trinajstić information content (AvgIpc) is 3.08. The third kappa shape index (κ3) is 4.15. The lowest BCUT2D eigenvalue weighted by molar-refractivity contribution is -0.139. The summed E-state index contributed by atoms with van der Waals surface area (Å²) in [6.45, 7) is 8.17. The molecule has 2 heterocycles. The van der Waals surface area contributed by atoms with Crippen molar-refractivity contribution in [3.63, 3.8) is 0 Å². The van der Waals surface area contributed by atoms with Crippen molar-refractivity contribution >= 4 is 5.97 Å². The van der Waals surface area contributed by atoms with E-state index in [0.29, 0.717) is 12.0 Å². The van der Waals surface area contributed by atoms with Crippen molar-refractivity contribution in [2.24, 2.45) is 5.92 Å². The first-order valence-corrected chi connectivity index (χ1v) is 8.83. The Balaban J connectivity index is 1.47. The van der Waals surface area contributed by atoms with E-state index >= 15 is 0 Å². The molecule has 0 amide bonds. The molecule has 1 N–H and O–H groups in total. The molecule has 5 nitrogen and oxygen atoms in total. The topological polar surface area (TPSA) is 56.9 Å². The Hall–Kier alpha value is -1.33. The standard InChI is InChI=1S/C18H28N2O3/c1-3-20(12-18(21)22)14-6-8-19(9-7-14)11-15-4-5-17(23-15)16-10-13(16)2/h4-5,13-14,16H,3,6-12H2,1-2H3,(H,21,22). The van der Waals surface area contributed by atoms with Gasteiger partial charge in [-0.3, -0.25) is 14.6 Å². The molecule has 0 spiro atoms. The van der Waals surface area contributed by atoms with E-state index in [1.165, 1.54) is 6.42 Å². The highest BCUT2D eigenvalue weighted by Gasteiger charge is 2.36. The highest BCUT2D eigenvalue weighted by Crippen LogP contribution is 2.47. The maximum Gasteiger partial charge on any atom is 0.317 e. The van der Waals surface area contributed by atoms with Gasteiger partial charge in [0, 0.05) is 25.0 Å². The lowest BCUT2D eigenvalue weighted by Gasteiger charge is -2.37. The van der Waals surface area contributed by atoms with Gasteiger partial charge in [0.25, 0.3) is 0 Å². The minimum absolute atomic E-state index is 0.155. The largest absolute Gasteiger partial charge is 0.480 e. The maximum atomic E-state index is 10.9. The van der Waals surface area contributed by atoms with Gasteiger partial charge in [-0.25, -0.2) is 0 Å². The normalized spacial score (nSPS) is 25.9. The number of carboxylic acid groups (broad SMARTS) is 1. The molecule has 3 rings (SSSR count). The predicted octanol–water partition coefficient (Wildman–Crippen LogP) is 2.77. The molecule has 0 bridgehead atoms. The minimum atomic E-state index is -0.730. The van der Waals surface area contributed by atoms with Crippen LogP contribution in [0.2, 0.25) is 0 Å². The monoisotopic (exact) mass is 320 g/mol. The molecular weight excluding hydrogens is 292 g/mol. The highest BCUT2D eigenvalue weighted by molar-refractivity contribution is 5.69. The summed E-state index contributed by atoms with van der Waals surface area (Å²) in [6, 6.07) is 4.66. The summed E-state index contributed by atoms with van der Waals surface area (Å²) in [6.07, 6.45) is 3.33. The molecule has 2 unspecified atom stereocenters. The third-order valence-corrected chi connectivity index (χ3v) is 5.35. The molecular formula is C18H28N2O3. The van der Waals surface area contributed by atoms with Crippen LogP contribution in [0, 0.1) is 5.92 Å². The summed E-state index contributed by atoms with van der Waals surface area (Å²) >= 11 is 0.